The summed E-state index contributed by atoms with van der Waals surface area (Å²) in [5.41, 5.74) is 4.91. The Kier molecular flexibility index (Phi) is 7.24. The van der Waals surface area contributed by atoms with Crippen LogP contribution in [0.2, 0.25) is 0 Å². The molecule has 1 amide bonds. The van der Waals surface area contributed by atoms with E-state index in [0.717, 1.165) is 5.56 Å². The third-order valence-electron chi connectivity index (χ3n) is 8.29. The summed E-state index contributed by atoms with van der Waals surface area (Å²) in [7, 11) is -2.80. The summed E-state index contributed by atoms with van der Waals surface area (Å²) < 4.78 is 39.6. The van der Waals surface area contributed by atoms with Crippen molar-refractivity contribution in [2.24, 2.45) is 4.99 Å². The topological polar surface area (TPSA) is 158 Å². The molecule has 0 saturated heterocycles. The summed E-state index contributed by atoms with van der Waals surface area (Å²) in [6.07, 6.45) is 0. The molecule has 0 spiro atoms. The van der Waals surface area contributed by atoms with Gasteiger partial charge in [-0.25, -0.2) is 9.67 Å². The first-order chi connectivity index (χ1) is 23.0. The molecule has 1 aromatic heterocycles. The van der Waals surface area contributed by atoms with Crippen molar-refractivity contribution in [2.45, 2.75) is 31.7 Å². The van der Waals surface area contributed by atoms with E-state index in [1.165, 1.54) is 25.3 Å². The van der Waals surface area contributed by atoms with Gasteiger partial charge in [0.25, 0.3) is 11.6 Å². The Morgan fingerprint density at radius 2 is 1.69 bits per heavy atom. The van der Waals surface area contributed by atoms with Crippen LogP contribution in [0.25, 0.3) is 5.69 Å². The summed E-state index contributed by atoms with van der Waals surface area (Å²) in [5, 5.41) is 18.9. The van der Waals surface area contributed by atoms with Gasteiger partial charge < -0.3 is 19.1 Å². The Morgan fingerprint density at radius 1 is 0.938 bits per heavy atom. The van der Waals surface area contributed by atoms with Crippen molar-refractivity contribution in [1.29, 1.82) is 0 Å². The molecule has 5 aromatic rings. The van der Waals surface area contributed by atoms with Crippen molar-refractivity contribution in [2.75, 3.05) is 17.3 Å². The number of carbonyl (C=O) groups excluding carboxylic acids is 1. The van der Waals surface area contributed by atoms with Gasteiger partial charge in [0.15, 0.2) is 17.3 Å². The van der Waals surface area contributed by atoms with E-state index in [9.17, 15) is 23.3 Å². The van der Waals surface area contributed by atoms with Gasteiger partial charge in [-0.2, -0.15) is 13.5 Å². The zero-order chi connectivity index (χ0) is 33.9. The van der Waals surface area contributed by atoms with Gasteiger partial charge in [-0.15, -0.1) is 0 Å². The number of carbonyl (C=O) groups is 1. The number of hydrogen-bond donors (Lipinski definition) is 1. The minimum atomic E-state index is -4.21. The number of aryl methyl sites for hydroxylation is 3. The molecule has 14 heteroatoms. The smallest absolute Gasteiger partial charge is 0.339 e. The Hall–Kier alpha value is -6.02. The Morgan fingerprint density at radius 3 is 2.42 bits per heavy atom. The zero-order valence-corrected chi connectivity index (χ0v) is 27.0. The first kappa shape index (κ1) is 30.6. The summed E-state index contributed by atoms with van der Waals surface area (Å²) in [6.45, 7) is 5.31. The number of anilines is 2. The lowest BCUT2D eigenvalue weighted by Crippen LogP contribution is -2.48. The number of amides is 1. The highest BCUT2D eigenvalue weighted by Gasteiger charge is 2.43. The second kappa shape index (κ2) is 11.3. The molecule has 13 nitrogen and oxygen atoms in total. The van der Waals surface area contributed by atoms with Crippen LogP contribution in [-0.2, 0) is 14.9 Å². The van der Waals surface area contributed by atoms with Gasteiger partial charge >= 0.3 is 10.1 Å². The summed E-state index contributed by atoms with van der Waals surface area (Å²) >= 11 is 0. The van der Waals surface area contributed by atoms with Crippen LogP contribution in [0.1, 0.15) is 34.0 Å². The lowest BCUT2D eigenvalue weighted by molar-refractivity contribution is -0.384. The predicted molar refractivity (Wildman–Crippen MR) is 178 cm³/mol. The van der Waals surface area contributed by atoms with Gasteiger partial charge in [0, 0.05) is 17.7 Å². The maximum atomic E-state index is 13.6. The first-order valence-corrected chi connectivity index (χ1v) is 16.2. The quantitative estimate of drug-likeness (QED) is 0.124. The van der Waals surface area contributed by atoms with E-state index in [0.29, 0.717) is 45.3 Å². The molecule has 4 aromatic carbocycles. The molecule has 1 N–H and O–H groups in total. The molecule has 0 aliphatic carbocycles. The van der Waals surface area contributed by atoms with Crippen molar-refractivity contribution < 1.29 is 27.1 Å². The highest BCUT2D eigenvalue weighted by Crippen LogP contribution is 2.48. The molecule has 2 aliphatic heterocycles. The number of non-ortho nitro benzene ring substituents is 1. The fraction of sp³-hybridized carbons (Fsp3) is 0.147. The van der Waals surface area contributed by atoms with Crippen molar-refractivity contribution in [1.82, 2.24) is 9.78 Å². The third kappa shape index (κ3) is 5.02. The second-order valence-corrected chi connectivity index (χ2v) is 12.9. The van der Waals surface area contributed by atoms with Crippen LogP contribution in [0.15, 0.2) is 94.8 Å². The first-order valence-electron chi connectivity index (χ1n) is 14.8. The van der Waals surface area contributed by atoms with E-state index in [4.69, 9.17) is 19.0 Å². The number of ether oxygens (including phenoxy) is 1. The van der Waals surface area contributed by atoms with Crippen LogP contribution in [0, 0.1) is 30.9 Å². The van der Waals surface area contributed by atoms with Crippen LogP contribution >= 0.6 is 0 Å². The minimum absolute atomic E-state index is 0.0119. The van der Waals surface area contributed by atoms with Crippen LogP contribution in [0.3, 0.4) is 0 Å². The number of nitrogens with one attached hydrogen (secondary N) is 1. The van der Waals surface area contributed by atoms with Crippen LogP contribution in [0.4, 0.5) is 22.9 Å². The van der Waals surface area contributed by atoms with Crippen molar-refractivity contribution in [3.8, 4) is 17.2 Å². The highest BCUT2D eigenvalue weighted by atomic mass is 32.2. The van der Waals surface area contributed by atoms with E-state index in [2.05, 4.69) is 5.32 Å². The largest absolute Gasteiger partial charge is 0.493 e. The number of rotatable bonds is 7. The van der Waals surface area contributed by atoms with Gasteiger partial charge in [0.1, 0.15) is 4.90 Å². The molecule has 3 heterocycles. The molecule has 0 radical (unpaired) electrons. The lowest BCUT2D eigenvalue weighted by atomic mass is 9.93. The number of nitro groups is 1. The van der Waals surface area contributed by atoms with Gasteiger partial charge in [-0.1, -0.05) is 30.3 Å². The molecule has 0 bridgehead atoms. The minimum Gasteiger partial charge on any atom is -0.493 e. The van der Waals surface area contributed by atoms with Crippen LogP contribution in [-0.4, -0.2) is 42.0 Å². The number of amidine groups is 1. The zero-order valence-electron chi connectivity index (χ0n) is 26.2. The summed E-state index contributed by atoms with van der Waals surface area (Å²) in [5.74, 6) is 0.171. The lowest BCUT2D eigenvalue weighted by Gasteiger charge is -2.40. The monoisotopic (exact) mass is 664 g/mol. The number of hydrogen-bond acceptors (Lipinski definition) is 10. The summed E-state index contributed by atoms with van der Waals surface area (Å²) in [4.78, 5) is 31.0. The molecule has 1 atom stereocenters. The third-order valence-corrected chi connectivity index (χ3v) is 9.67. The van der Waals surface area contributed by atoms with Crippen LogP contribution in [0.5, 0.6) is 11.5 Å². The highest BCUT2D eigenvalue weighted by molar-refractivity contribution is 7.87. The molecular weight excluding hydrogens is 636 g/mol. The molecule has 0 unspecified atom stereocenters. The predicted octanol–water partition coefficient (Wildman–Crippen LogP) is 6.07. The molecule has 0 saturated carbocycles. The fourth-order valence-electron chi connectivity index (χ4n) is 6.02. The molecule has 48 heavy (non-hydrogen) atoms. The van der Waals surface area contributed by atoms with E-state index in [1.54, 1.807) is 61.0 Å². The van der Waals surface area contributed by atoms with Gasteiger partial charge in [-0.05, 0) is 79.9 Å². The maximum absolute atomic E-state index is 13.6. The van der Waals surface area contributed by atoms with Crippen molar-refractivity contribution in [3.05, 3.63) is 123 Å². The number of benzene rings is 4. The number of aromatic nitrogens is 2. The molecule has 2 aliphatic rings. The van der Waals surface area contributed by atoms with Gasteiger partial charge in [0.2, 0.25) is 5.84 Å². The molecular formula is C34H28N6O7S. The number of methoxy groups -OCH3 is 1. The SMILES string of the molecule is COc1cc([C@H]2c3c(C)nn(-c4ccc([N+](=O)[O-])cc4)c3N=C3C(=O)Nc4ccccc4N32)ccc1OS(=O)(=O)c1cc(C)ccc1C. The normalized spacial score (nSPS) is 15.1. The number of nitrogens with zero attached hydrogens (tertiary/aromatic N) is 5. The average Bonchev–Trinajstić information content (AvgIpc) is 3.40. The second-order valence-electron chi connectivity index (χ2n) is 11.4. The van der Waals surface area contributed by atoms with E-state index < -0.39 is 27.0 Å². The summed E-state index contributed by atoms with van der Waals surface area (Å²) in [6, 6.07) is 22.5. The standard InChI is InChI=1S/C34H28N6O7S/c1-19-9-10-20(2)29(17-19)48(44,45)47-27-16-11-22(18-28(27)46-4)31-30-21(3)37-39(23-12-14-24(15-13-23)40(42)43)32(30)36-33-34(41)35-25-7-5-6-8-26(25)38(31)33/h5-18,31H,1-4H3,(H,35,41)/t31-/m0/s1. The Balaban J connectivity index is 1.39. The van der Waals surface area contributed by atoms with Crippen molar-refractivity contribution in [3.63, 3.8) is 0 Å². The maximum Gasteiger partial charge on any atom is 0.339 e. The van der Waals surface area contributed by atoms with Gasteiger partial charge in [-0.3, -0.25) is 14.9 Å². The molecule has 242 valence electrons. The Bertz CT molecular complexity index is 2300. The number of para-hydroxylation sites is 2. The Labute approximate surface area is 275 Å². The van der Waals surface area contributed by atoms with Crippen molar-refractivity contribution >= 4 is 44.7 Å². The van der Waals surface area contributed by atoms with Crippen LogP contribution < -0.4 is 19.1 Å². The van der Waals surface area contributed by atoms with E-state index >= 15 is 0 Å². The average molecular weight is 665 g/mol. The van der Waals surface area contributed by atoms with E-state index in [1.807, 2.05) is 36.1 Å². The fourth-order valence-corrected chi connectivity index (χ4v) is 7.27. The molecule has 7 rings (SSSR count). The molecule has 0 fully saturated rings. The van der Waals surface area contributed by atoms with Gasteiger partial charge in [0.05, 0.1) is 40.8 Å². The number of fused-ring (bicyclic) bond motifs is 4. The van der Waals surface area contributed by atoms with E-state index in [-0.39, 0.29) is 27.9 Å². The number of aliphatic imine (C=N–C) groups is 1. The number of nitro benzene ring substituents is 1.